The molecule has 1 saturated heterocycles. The third kappa shape index (κ3) is 4.56. The van der Waals surface area contributed by atoms with Gasteiger partial charge in [-0.3, -0.25) is 0 Å². The zero-order valence-electron chi connectivity index (χ0n) is 11.1. The van der Waals surface area contributed by atoms with Crippen LogP contribution in [0.2, 0.25) is 0 Å². The van der Waals surface area contributed by atoms with Gasteiger partial charge in [0.25, 0.3) is 0 Å². The van der Waals surface area contributed by atoms with Gasteiger partial charge in [-0.15, -0.1) is 0 Å². The van der Waals surface area contributed by atoms with Gasteiger partial charge >= 0.3 is 0 Å². The second kappa shape index (κ2) is 6.16. The van der Waals surface area contributed by atoms with E-state index in [0.29, 0.717) is 30.8 Å². The molecule has 5 heteroatoms. The minimum atomic E-state index is -3.05. The molecule has 2 atom stereocenters. The highest BCUT2D eigenvalue weighted by Gasteiger charge is 2.28. The standard InChI is InChI=1S/C12H25NO3S/c1-10(2)12(9-14)7-11-5-4-6-13(8-11)17(3,15)16/h10-12,14H,4-9H2,1-3H3. The van der Waals surface area contributed by atoms with Crippen LogP contribution < -0.4 is 0 Å². The fourth-order valence-electron chi connectivity index (χ4n) is 2.51. The first-order chi connectivity index (χ1) is 7.84. The number of sulfonamides is 1. The van der Waals surface area contributed by atoms with Gasteiger partial charge in [0.05, 0.1) is 6.26 Å². The summed E-state index contributed by atoms with van der Waals surface area (Å²) >= 11 is 0. The SMILES string of the molecule is CC(C)C(CO)CC1CCCN(S(C)(=O)=O)C1. The molecule has 17 heavy (non-hydrogen) atoms. The van der Waals surface area contributed by atoms with Gasteiger partial charge in [0, 0.05) is 19.7 Å². The summed E-state index contributed by atoms with van der Waals surface area (Å²) in [5.41, 5.74) is 0. The number of rotatable bonds is 5. The van der Waals surface area contributed by atoms with Crippen molar-refractivity contribution in [3.8, 4) is 0 Å². The number of aliphatic hydroxyl groups excluding tert-OH is 1. The summed E-state index contributed by atoms with van der Waals surface area (Å²) in [7, 11) is -3.05. The van der Waals surface area contributed by atoms with Crippen molar-refractivity contribution in [2.45, 2.75) is 33.1 Å². The molecule has 0 radical (unpaired) electrons. The van der Waals surface area contributed by atoms with Crippen molar-refractivity contribution in [2.24, 2.45) is 17.8 Å². The van der Waals surface area contributed by atoms with Crippen LogP contribution in [0.1, 0.15) is 33.1 Å². The third-order valence-corrected chi connectivity index (χ3v) is 5.03. The summed E-state index contributed by atoms with van der Waals surface area (Å²) in [5, 5.41) is 9.32. The van der Waals surface area contributed by atoms with Crippen molar-refractivity contribution in [1.29, 1.82) is 0 Å². The molecule has 0 saturated carbocycles. The minimum Gasteiger partial charge on any atom is -0.396 e. The molecule has 1 aliphatic heterocycles. The van der Waals surface area contributed by atoms with E-state index in [0.717, 1.165) is 19.3 Å². The van der Waals surface area contributed by atoms with Gasteiger partial charge < -0.3 is 5.11 Å². The van der Waals surface area contributed by atoms with Crippen LogP contribution in [-0.2, 0) is 10.0 Å². The lowest BCUT2D eigenvalue weighted by Crippen LogP contribution is -2.40. The Bertz CT molecular complexity index is 327. The van der Waals surface area contributed by atoms with Gasteiger partial charge in [0.15, 0.2) is 0 Å². The Hall–Kier alpha value is -0.130. The maximum atomic E-state index is 11.5. The number of aliphatic hydroxyl groups is 1. The van der Waals surface area contributed by atoms with Gasteiger partial charge in [-0.25, -0.2) is 12.7 Å². The maximum absolute atomic E-state index is 11.5. The number of hydrogen-bond donors (Lipinski definition) is 1. The first-order valence-electron chi connectivity index (χ1n) is 6.40. The molecular weight excluding hydrogens is 238 g/mol. The molecule has 0 aromatic carbocycles. The lowest BCUT2D eigenvalue weighted by Gasteiger charge is -2.33. The molecule has 0 amide bonds. The topological polar surface area (TPSA) is 57.6 Å². The van der Waals surface area contributed by atoms with Gasteiger partial charge in [0.2, 0.25) is 10.0 Å². The highest BCUT2D eigenvalue weighted by atomic mass is 32.2. The monoisotopic (exact) mass is 263 g/mol. The van der Waals surface area contributed by atoms with Crippen molar-refractivity contribution in [2.75, 3.05) is 26.0 Å². The number of hydrogen-bond acceptors (Lipinski definition) is 3. The van der Waals surface area contributed by atoms with E-state index in [1.807, 2.05) is 0 Å². The second-order valence-electron chi connectivity index (χ2n) is 5.55. The predicted molar refractivity (Wildman–Crippen MR) is 69.2 cm³/mol. The lowest BCUT2D eigenvalue weighted by atomic mass is 9.84. The number of nitrogens with zero attached hydrogens (tertiary/aromatic N) is 1. The van der Waals surface area contributed by atoms with Crippen molar-refractivity contribution in [3.05, 3.63) is 0 Å². The van der Waals surface area contributed by atoms with Crippen LogP contribution in [0.5, 0.6) is 0 Å². The Morgan fingerprint density at radius 3 is 2.53 bits per heavy atom. The minimum absolute atomic E-state index is 0.201. The highest BCUT2D eigenvalue weighted by molar-refractivity contribution is 7.88. The van der Waals surface area contributed by atoms with Gasteiger partial charge in [0.1, 0.15) is 0 Å². The number of piperidine rings is 1. The Morgan fingerprint density at radius 2 is 2.06 bits per heavy atom. The predicted octanol–water partition coefficient (Wildman–Crippen LogP) is 1.31. The Balaban J connectivity index is 2.55. The zero-order valence-corrected chi connectivity index (χ0v) is 11.9. The smallest absolute Gasteiger partial charge is 0.211 e. The molecule has 0 aliphatic carbocycles. The average Bonchev–Trinajstić information content (AvgIpc) is 2.24. The molecule has 1 rings (SSSR count). The van der Waals surface area contributed by atoms with E-state index in [2.05, 4.69) is 13.8 Å². The van der Waals surface area contributed by atoms with Gasteiger partial charge in [-0.2, -0.15) is 0 Å². The molecule has 102 valence electrons. The van der Waals surface area contributed by atoms with Gasteiger partial charge in [-0.1, -0.05) is 13.8 Å². The normalized spacial score (nSPS) is 25.1. The zero-order chi connectivity index (χ0) is 13.1. The van der Waals surface area contributed by atoms with E-state index in [9.17, 15) is 13.5 Å². The molecule has 0 aromatic rings. The molecule has 1 N–H and O–H groups in total. The summed E-state index contributed by atoms with van der Waals surface area (Å²) in [6, 6.07) is 0. The van der Waals surface area contributed by atoms with Crippen molar-refractivity contribution in [3.63, 3.8) is 0 Å². The summed E-state index contributed by atoms with van der Waals surface area (Å²) in [5.74, 6) is 1.14. The summed E-state index contributed by atoms with van der Waals surface area (Å²) in [4.78, 5) is 0. The summed E-state index contributed by atoms with van der Waals surface area (Å²) < 4.78 is 24.6. The molecule has 0 bridgehead atoms. The van der Waals surface area contributed by atoms with Crippen molar-refractivity contribution in [1.82, 2.24) is 4.31 Å². The Kier molecular flexibility index (Phi) is 5.41. The molecule has 0 spiro atoms. The molecule has 1 heterocycles. The molecular formula is C12H25NO3S. The quantitative estimate of drug-likeness (QED) is 0.813. The van der Waals surface area contributed by atoms with Crippen molar-refractivity contribution >= 4 is 10.0 Å². The van der Waals surface area contributed by atoms with Crippen LogP contribution in [-0.4, -0.2) is 43.8 Å². The van der Waals surface area contributed by atoms with E-state index >= 15 is 0 Å². The van der Waals surface area contributed by atoms with E-state index < -0.39 is 10.0 Å². The first kappa shape index (κ1) is 14.9. The van der Waals surface area contributed by atoms with E-state index in [4.69, 9.17) is 0 Å². The molecule has 4 nitrogen and oxygen atoms in total. The average molecular weight is 263 g/mol. The Labute approximate surface area is 105 Å². The molecule has 1 aliphatic rings. The summed E-state index contributed by atoms with van der Waals surface area (Å²) in [6.45, 7) is 5.70. The van der Waals surface area contributed by atoms with Crippen molar-refractivity contribution < 1.29 is 13.5 Å². The maximum Gasteiger partial charge on any atom is 0.211 e. The Morgan fingerprint density at radius 1 is 1.41 bits per heavy atom. The highest BCUT2D eigenvalue weighted by Crippen LogP contribution is 2.27. The van der Waals surface area contributed by atoms with E-state index in [1.54, 1.807) is 4.31 Å². The van der Waals surface area contributed by atoms with Crippen LogP contribution in [0.25, 0.3) is 0 Å². The van der Waals surface area contributed by atoms with E-state index in [1.165, 1.54) is 6.26 Å². The van der Waals surface area contributed by atoms with Crippen LogP contribution in [0, 0.1) is 17.8 Å². The van der Waals surface area contributed by atoms with Crippen LogP contribution in [0.4, 0.5) is 0 Å². The first-order valence-corrected chi connectivity index (χ1v) is 8.25. The molecule has 0 aromatic heterocycles. The fourth-order valence-corrected chi connectivity index (χ4v) is 3.45. The molecule has 2 unspecified atom stereocenters. The van der Waals surface area contributed by atoms with E-state index in [-0.39, 0.29) is 6.61 Å². The third-order valence-electron chi connectivity index (χ3n) is 3.76. The van der Waals surface area contributed by atoms with Crippen LogP contribution in [0.3, 0.4) is 0 Å². The van der Waals surface area contributed by atoms with Gasteiger partial charge in [-0.05, 0) is 37.0 Å². The lowest BCUT2D eigenvalue weighted by molar-refractivity contribution is 0.142. The summed E-state index contributed by atoms with van der Waals surface area (Å²) in [6.07, 6.45) is 4.23. The largest absolute Gasteiger partial charge is 0.396 e. The van der Waals surface area contributed by atoms with Crippen LogP contribution in [0.15, 0.2) is 0 Å². The fraction of sp³-hybridized carbons (Fsp3) is 1.00. The molecule has 1 fully saturated rings. The van der Waals surface area contributed by atoms with Crippen LogP contribution >= 0.6 is 0 Å². The second-order valence-corrected chi connectivity index (χ2v) is 7.53.